The number of rotatable bonds is 13. The molecule has 0 amide bonds. The van der Waals surface area contributed by atoms with Gasteiger partial charge in [-0.2, -0.15) is 0 Å². The van der Waals surface area contributed by atoms with Crippen LogP contribution < -0.4 is 10.6 Å². The lowest BCUT2D eigenvalue weighted by Gasteiger charge is -2.30. The van der Waals surface area contributed by atoms with Gasteiger partial charge in [-0.3, -0.25) is 9.89 Å². The van der Waals surface area contributed by atoms with Crippen LogP contribution in [0.2, 0.25) is 0 Å². The lowest BCUT2D eigenvalue weighted by atomic mass is 10.2. The number of methoxy groups -OCH3 is 1. The maximum Gasteiger partial charge on any atom is 0.191 e. The molecule has 152 valence electrons. The van der Waals surface area contributed by atoms with Crippen molar-refractivity contribution in [2.75, 3.05) is 60.0 Å². The number of guanidine groups is 1. The van der Waals surface area contributed by atoms with E-state index in [1.165, 1.54) is 0 Å². The SMILES string of the molecule is CCNC(=NCCCN(C)CCOC)NCCN(C(C)C)C(C)C.I. The van der Waals surface area contributed by atoms with E-state index in [1.54, 1.807) is 7.11 Å². The predicted molar refractivity (Wildman–Crippen MR) is 120 cm³/mol. The van der Waals surface area contributed by atoms with Gasteiger partial charge in [-0.15, -0.1) is 24.0 Å². The van der Waals surface area contributed by atoms with Crippen LogP contribution in [0.1, 0.15) is 41.0 Å². The summed E-state index contributed by atoms with van der Waals surface area (Å²) in [6.45, 7) is 17.6. The zero-order chi connectivity index (χ0) is 18.4. The molecular formula is C18H42IN5O. The van der Waals surface area contributed by atoms with E-state index in [1.807, 2.05) is 0 Å². The molecular weight excluding hydrogens is 429 g/mol. The van der Waals surface area contributed by atoms with Crippen molar-refractivity contribution in [1.29, 1.82) is 0 Å². The molecule has 0 unspecified atom stereocenters. The standard InChI is InChI=1S/C18H41N5O.HI/c1-8-19-18(20-10-9-12-22(6)14-15-24-7)21-11-13-23(16(2)3)17(4)5;/h16-17H,8-15H2,1-7H3,(H2,19,20,21);1H. The lowest BCUT2D eigenvalue weighted by Crippen LogP contribution is -2.45. The molecule has 0 spiro atoms. The fourth-order valence-electron chi connectivity index (χ4n) is 2.65. The maximum atomic E-state index is 5.09. The third-order valence-electron chi connectivity index (χ3n) is 3.98. The van der Waals surface area contributed by atoms with Crippen LogP contribution in [0.5, 0.6) is 0 Å². The Hall–Kier alpha value is -0.120. The highest BCUT2D eigenvalue weighted by Gasteiger charge is 2.12. The van der Waals surface area contributed by atoms with Crippen molar-refractivity contribution in [2.45, 2.75) is 53.1 Å². The zero-order valence-corrected chi connectivity index (χ0v) is 19.8. The van der Waals surface area contributed by atoms with Crippen LogP contribution in [-0.4, -0.2) is 87.9 Å². The molecule has 0 heterocycles. The second kappa shape index (κ2) is 17.3. The fourth-order valence-corrected chi connectivity index (χ4v) is 2.65. The van der Waals surface area contributed by atoms with Crippen molar-refractivity contribution in [2.24, 2.45) is 4.99 Å². The van der Waals surface area contributed by atoms with E-state index in [9.17, 15) is 0 Å². The quantitative estimate of drug-likeness (QED) is 0.187. The van der Waals surface area contributed by atoms with Gasteiger partial charge in [-0.05, 0) is 54.6 Å². The molecule has 7 heteroatoms. The molecule has 0 radical (unpaired) electrons. The highest BCUT2D eigenvalue weighted by molar-refractivity contribution is 14.0. The summed E-state index contributed by atoms with van der Waals surface area (Å²) in [6.07, 6.45) is 1.06. The molecule has 0 rings (SSSR count). The second-order valence-corrected chi connectivity index (χ2v) is 6.76. The first kappa shape index (κ1) is 27.1. The third kappa shape index (κ3) is 14.7. The summed E-state index contributed by atoms with van der Waals surface area (Å²) in [5.41, 5.74) is 0. The minimum atomic E-state index is 0. The molecule has 0 aliphatic heterocycles. The van der Waals surface area contributed by atoms with Crippen molar-refractivity contribution < 1.29 is 4.74 Å². The van der Waals surface area contributed by atoms with E-state index < -0.39 is 0 Å². The van der Waals surface area contributed by atoms with Gasteiger partial charge in [0.15, 0.2) is 5.96 Å². The molecule has 0 saturated carbocycles. The Morgan fingerprint density at radius 3 is 2.20 bits per heavy atom. The number of halogens is 1. The number of aliphatic imine (C=N–C) groups is 1. The van der Waals surface area contributed by atoms with Crippen LogP contribution in [0.15, 0.2) is 4.99 Å². The van der Waals surface area contributed by atoms with Crippen LogP contribution in [0, 0.1) is 0 Å². The van der Waals surface area contributed by atoms with Crippen molar-refractivity contribution in [3.05, 3.63) is 0 Å². The predicted octanol–water partition coefficient (Wildman–Crippen LogP) is 2.25. The highest BCUT2D eigenvalue weighted by Crippen LogP contribution is 2.03. The van der Waals surface area contributed by atoms with Gasteiger partial charge in [0.2, 0.25) is 0 Å². The van der Waals surface area contributed by atoms with Gasteiger partial charge in [0.05, 0.1) is 6.61 Å². The highest BCUT2D eigenvalue weighted by atomic mass is 127. The van der Waals surface area contributed by atoms with Gasteiger partial charge < -0.3 is 20.3 Å². The first-order chi connectivity index (χ1) is 11.4. The number of hydrogen-bond acceptors (Lipinski definition) is 4. The summed E-state index contributed by atoms with van der Waals surface area (Å²) in [7, 11) is 3.87. The third-order valence-corrected chi connectivity index (χ3v) is 3.98. The first-order valence-corrected chi connectivity index (χ1v) is 9.37. The van der Waals surface area contributed by atoms with Gasteiger partial charge >= 0.3 is 0 Å². The van der Waals surface area contributed by atoms with Crippen LogP contribution in [0.4, 0.5) is 0 Å². The van der Waals surface area contributed by atoms with E-state index in [2.05, 4.69) is 67.1 Å². The Labute approximate surface area is 173 Å². The van der Waals surface area contributed by atoms with Crippen LogP contribution >= 0.6 is 24.0 Å². The molecule has 25 heavy (non-hydrogen) atoms. The van der Waals surface area contributed by atoms with Crippen LogP contribution in [-0.2, 0) is 4.74 Å². The minimum Gasteiger partial charge on any atom is -0.383 e. The number of nitrogens with one attached hydrogen (secondary N) is 2. The summed E-state index contributed by atoms with van der Waals surface area (Å²) < 4.78 is 5.09. The summed E-state index contributed by atoms with van der Waals surface area (Å²) in [6, 6.07) is 1.13. The van der Waals surface area contributed by atoms with E-state index in [4.69, 9.17) is 4.74 Å². The van der Waals surface area contributed by atoms with Gasteiger partial charge in [-0.1, -0.05) is 0 Å². The summed E-state index contributed by atoms with van der Waals surface area (Å²) in [5, 5.41) is 6.77. The fraction of sp³-hybridized carbons (Fsp3) is 0.944. The first-order valence-electron chi connectivity index (χ1n) is 9.37. The van der Waals surface area contributed by atoms with E-state index in [0.717, 1.165) is 58.3 Å². The molecule has 0 aliphatic rings. The molecule has 0 saturated heterocycles. The number of ether oxygens (including phenoxy) is 1. The van der Waals surface area contributed by atoms with Crippen LogP contribution in [0.25, 0.3) is 0 Å². The van der Waals surface area contributed by atoms with Crippen molar-refractivity contribution in [1.82, 2.24) is 20.4 Å². The van der Waals surface area contributed by atoms with Gasteiger partial charge in [0, 0.05) is 51.9 Å². The monoisotopic (exact) mass is 471 g/mol. The second-order valence-electron chi connectivity index (χ2n) is 6.76. The average Bonchev–Trinajstić information content (AvgIpc) is 2.52. The molecule has 0 aliphatic carbocycles. The zero-order valence-electron chi connectivity index (χ0n) is 17.5. The van der Waals surface area contributed by atoms with Gasteiger partial charge in [-0.25, -0.2) is 0 Å². The number of hydrogen-bond donors (Lipinski definition) is 2. The molecule has 0 aromatic rings. The molecule has 0 bridgehead atoms. The van der Waals surface area contributed by atoms with Gasteiger partial charge in [0.1, 0.15) is 0 Å². The Morgan fingerprint density at radius 1 is 1.04 bits per heavy atom. The minimum absolute atomic E-state index is 0. The Balaban J connectivity index is 0. The summed E-state index contributed by atoms with van der Waals surface area (Å²) in [5.74, 6) is 0.921. The van der Waals surface area contributed by atoms with Crippen molar-refractivity contribution in [3.63, 3.8) is 0 Å². The molecule has 6 nitrogen and oxygen atoms in total. The smallest absolute Gasteiger partial charge is 0.191 e. The lowest BCUT2D eigenvalue weighted by molar-refractivity contribution is 0.161. The van der Waals surface area contributed by atoms with Crippen LogP contribution in [0.3, 0.4) is 0 Å². The molecule has 2 N–H and O–H groups in total. The van der Waals surface area contributed by atoms with Crippen molar-refractivity contribution >= 4 is 29.9 Å². The Morgan fingerprint density at radius 2 is 1.68 bits per heavy atom. The topological polar surface area (TPSA) is 52.1 Å². The number of likely N-dealkylation sites (N-methyl/N-ethyl adjacent to an activating group) is 1. The van der Waals surface area contributed by atoms with Gasteiger partial charge in [0.25, 0.3) is 0 Å². The van der Waals surface area contributed by atoms with E-state index in [-0.39, 0.29) is 24.0 Å². The Bertz CT molecular complexity index is 319. The molecule has 0 aromatic carbocycles. The summed E-state index contributed by atoms with van der Waals surface area (Å²) >= 11 is 0. The molecule has 0 atom stereocenters. The largest absolute Gasteiger partial charge is 0.383 e. The number of nitrogens with zero attached hydrogens (tertiary/aromatic N) is 3. The Kier molecular flexibility index (Phi) is 18.8. The van der Waals surface area contributed by atoms with E-state index in [0.29, 0.717) is 12.1 Å². The maximum absolute atomic E-state index is 5.09. The van der Waals surface area contributed by atoms with E-state index >= 15 is 0 Å². The van der Waals surface area contributed by atoms with Crippen molar-refractivity contribution in [3.8, 4) is 0 Å². The molecule has 0 aromatic heterocycles. The summed E-state index contributed by atoms with van der Waals surface area (Å²) in [4.78, 5) is 9.44. The molecule has 0 fully saturated rings. The normalized spacial score (nSPS) is 12.2. The average molecular weight is 471 g/mol.